The highest BCUT2D eigenvalue weighted by Gasteiger charge is 2.88. The fraction of sp³-hybridized carbons (Fsp3) is 0.696. The van der Waals surface area contributed by atoms with E-state index < -0.39 is 74.3 Å². The Morgan fingerprint density at radius 2 is 1.55 bits per heavy atom. The molecule has 18 aliphatic rings. The number of benzene rings is 3. The maximum absolute atomic E-state index is 16.2. The van der Waals surface area contributed by atoms with Crippen molar-refractivity contribution in [2.45, 2.75) is 214 Å². The number of aliphatic hydroxyl groups excluding tert-OH is 2. The summed E-state index contributed by atoms with van der Waals surface area (Å²) < 4.78 is 14.6. The maximum atomic E-state index is 16.2. The van der Waals surface area contributed by atoms with E-state index in [0.29, 0.717) is 81.0 Å². The lowest BCUT2D eigenvalue weighted by molar-refractivity contribution is -0.394. The van der Waals surface area contributed by atoms with Crippen LogP contribution in [0.4, 0.5) is 0 Å². The summed E-state index contributed by atoms with van der Waals surface area (Å²) in [5.74, 6) is 9.55. The van der Waals surface area contributed by atoms with Gasteiger partial charge in [0.1, 0.15) is 23.6 Å². The normalized spacial score (nSPS) is 50.2. The number of aliphatic hydroxyl groups is 5. The summed E-state index contributed by atoms with van der Waals surface area (Å²) in [7, 11) is 6.02. The number of carbonyl (C=O) groups excluding carboxylic acids is 2. The van der Waals surface area contributed by atoms with Gasteiger partial charge >= 0.3 is 5.97 Å². The van der Waals surface area contributed by atoms with Crippen LogP contribution in [0.3, 0.4) is 0 Å². The number of fused-ring (bicyclic) bond motifs is 6. The predicted octanol–water partition coefficient (Wildman–Crippen LogP) is 11.9. The Kier molecular flexibility index (Phi) is 14.2. The molecule has 3 aliphatic heterocycles. The molecule has 10 nitrogen and oxygen atoms in total. The van der Waals surface area contributed by atoms with Crippen molar-refractivity contribution in [2.24, 2.45) is 105 Å². The van der Waals surface area contributed by atoms with Crippen LogP contribution in [-0.4, -0.2) is 104 Å². The van der Waals surface area contributed by atoms with E-state index in [1.165, 1.54) is 47.8 Å². The second-order valence-corrected chi connectivity index (χ2v) is 36.4. The Morgan fingerprint density at radius 1 is 0.747 bits per heavy atom. The summed E-state index contributed by atoms with van der Waals surface area (Å²) >= 11 is 0. The molecule has 12 heteroatoms. The first-order chi connectivity index (χ1) is 44.1. The Morgan fingerprint density at radius 3 is 2.41 bits per heavy atom. The SMILES string of the molecule is CN[C@@H]1Cc2c(cccc2CO)C#C[C@]23CC[C@H](Cc4cccc(c4)Cc4cccc(c4)[C@@H]4CC[C@@H]5[C@@H](C4)C[C@@H]4C[C@@H]6CSSC[C@H]7CC[C@@H](C7)[C@H](C)[C@@H]7CC[C@H]8[C@@H](O6)[C@@]45C[C@]4(C=O)[C@H]5CC[C@]6(C2)[C@H]2C9=CC(=O)O[C@@H]9[C@@H]1C[C@@H]2C[C@]6(O)[C@]5(O)[C@H](O)[C@@H](C7)[C@]84O)C3. The van der Waals surface area contributed by atoms with Gasteiger partial charge in [0.25, 0.3) is 0 Å². The summed E-state index contributed by atoms with van der Waals surface area (Å²) in [6.45, 7) is 2.32. The third kappa shape index (κ3) is 8.32. The molecule has 2 saturated heterocycles. The Hall–Kier alpha value is -3.48. The molecule has 0 radical (unpaired) electrons. The first-order valence-electron chi connectivity index (χ1n) is 36.3. The quantitative estimate of drug-likeness (QED) is 0.0637. The van der Waals surface area contributed by atoms with Gasteiger partial charge in [0, 0.05) is 69.1 Å². The van der Waals surface area contributed by atoms with E-state index in [0.717, 1.165) is 104 Å². The molecule has 6 N–H and O–H groups in total. The average molecular weight is 1270 g/mol. The van der Waals surface area contributed by atoms with Crippen molar-refractivity contribution >= 4 is 33.8 Å². The van der Waals surface area contributed by atoms with Crippen LogP contribution in [0, 0.1) is 116 Å². The lowest BCUT2D eigenvalue weighted by Gasteiger charge is -2.76. The van der Waals surface area contributed by atoms with Gasteiger partial charge < -0.3 is 45.1 Å². The average Bonchev–Trinajstić information content (AvgIpc) is 1.63. The summed E-state index contributed by atoms with van der Waals surface area (Å²) in [6.07, 6.45) is 18.2. The maximum Gasteiger partial charge on any atom is 0.331 e. The number of esters is 1. The summed E-state index contributed by atoms with van der Waals surface area (Å²) in [5.41, 5.74) is -0.750. The molecule has 15 aliphatic carbocycles. The second-order valence-electron chi connectivity index (χ2n) is 33.8. The monoisotopic (exact) mass is 1270 g/mol. The van der Waals surface area contributed by atoms with E-state index >= 15 is 20.1 Å². The number of rotatable bonds is 3. The van der Waals surface area contributed by atoms with E-state index in [-0.39, 0.29) is 72.8 Å². The zero-order chi connectivity index (χ0) is 61.8. The fourth-order valence-electron chi connectivity index (χ4n) is 27.4. The molecule has 27 atom stereocenters. The molecule has 0 amide bonds. The molecular weight excluding hydrogens is 1170 g/mol. The number of nitrogens with one attached hydrogen (secondary N) is 1. The van der Waals surface area contributed by atoms with Crippen LogP contribution >= 0.6 is 21.6 Å². The van der Waals surface area contributed by atoms with Crippen molar-refractivity contribution in [1.82, 2.24) is 5.32 Å². The molecule has 0 aromatic heterocycles. The number of aldehydes is 1. The minimum Gasteiger partial charge on any atom is -0.454 e. The zero-order valence-corrected chi connectivity index (χ0v) is 55.3. The fourth-order valence-corrected chi connectivity index (χ4v) is 30.1. The third-order valence-corrected chi connectivity index (χ3v) is 33.3. The molecule has 23 bridgehead atoms. The lowest BCUT2D eigenvalue weighted by atomic mass is 9.31. The smallest absolute Gasteiger partial charge is 0.331 e. The number of ether oxygens (including phenoxy) is 2. The molecular formula is C79H97NO9S2. The van der Waals surface area contributed by atoms with Crippen molar-refractivity contribution < 1.29 is 44.6 Å². The van der Waals surface area contributed by atoms with Gasteiger partial charge in [0.15, 0.2) is 0 Å². The van der Waals surface area contributed by atoms with Gasteiger partial charge in [-0.05, 0) is 265 Å². The van der Waals surface area contributed by atoms with Gasteiger partial charge in [-0.25, -0.2) is 4.79 Å². The van der Waals surface area contributed by atoms with Gasteiger partial charge in [0.2, 0.25) is 0 Å². The molecule has 3 heterocycles. The molecule has 3 aromatic carbocycles. The Bertz CT molecular complexity index is 3550. The second kappa shape index (κ2) is 21.5. The number of hydrogen-bond acceptors (Lipinski definition) is 12. The number of carbonyl (C=O) groups is 2. The predicted molar refractivity (Wildman–Crippen MR) is 353 cm³/mol. The van der Waals surface area contributed by atoms with Gasteiger partial charge in [0.05, 0.1) is 35.9 Å². The summed E-state index contributed by atoms with van der Waals surface area (Å²) in [5, 5.41) is 76.4. The van der Waals surface area contributed by atoms with Crippen LogP contribution < -0.4 is 5.32 Å². The van der Waals surface area contributed by atoms with Gasteiger partial charge in [-0.1, -0.05) is 101 Å². The molecule has 484 valence electrons. The van der Waals surface area contributed by atoms with Crippen LogP contribution in [0.1, 0.15) is 180 Å². The highest BCUT2D eigenvalue weighted by atomic mass is 33.1. The van der Waals surface area contributed by atoms with E-state index in [4.69, 9.17) is 9.47 Å². The van der Waals surface area contributed by atoms with Crippen molar-refractivity contribution in [3.63, 3.8) is 0 Å². The third-order valence-electron chi connectivity index (χ3n) is 30.7. The van der Waals surface area contributed by atoms with Crippen LogP contribution in [0.2, 0.25) is 0 Å². The van der Waals surface area contributed by atoms with Crippen molar-refractivity contribution in [3.8, 4) is 11.8 Å². The Labute approximate surface area is 547 Å². The summed E-state index contributed by atoms with van der Waals surface area (Å²) in [4.78, 5) is 30.6. The van der Waals surface area contributed by atoms with E-state index in [1.807, 2.05) is 40.8 Å². The van der Waals surface area contributed by atoms with Crippen LogP contribution in [-0.2, 0) is 44.9 Å². The number of hydrogen-bond donors (Lipinski definition) is 6. The molecule has 3 spiro atoms. The molecule has 3 aromatic rings. The molecule has 10 saturated carbocycles. The molecule has 0 unspecified atom stereocenters. The van der Waals surface area contributed by atoms with E-state index in [1.54, 1.807) is 6.08 Å². The Balaban J connectivity index is 0.881. The van der Waals surface area contributed by atoms with E-state index in [9.17, 15) is 15.0 Å². The minimum atomic E-state index is -2.24. The molecule has 12 fully saturated rings. The first-order valence-corrected chi connectivity index (χ1v) is 38.8. The molecule has 91 heavy (non-hydrogen) atoms. The van der Waals surface area contributed by atoms with E-state index in [2.05, 4.69) is 78.7 Å². The summed E-state index contributed by atoms with van der Waals surface area (Å²) in [6, 6.07) is 24.7. The number of likely N-dealkylation sites (N-methyl/N-ethyl adjacent to an activating group) is 1. The van der Waals surface area contributed by atoms with Crippen molar-refractivity contribution in [2.75, 3.05) is 18.6 Å². The van der Waals surface area contributed by atoms with Gasteiger partial charge in [-0.2, -0.15) is 0 Å². The van der Waals surface area contributed by atoms with Crippen LogP contribution in [0.15, 0.2) is 78.4 Å². The molecule has 21 rings (SSSR count). The highest BCUT2D eigenvalue weighted by Crippen LogP contribution is 2.82. The topological polar surface area (TPSA) is 166 Å². The van der Waals surface area contributed by atoms with Crippen molar-refractivity contribution in [3.05, 3.63) is 117 Å². The minimum absolute atomic E-state index is 0.000777. The van der Waals surface area contributed by atoms with Gasteiger partial charge in [-0.3, -0.25) is 0 Å². The highest BCUT2D eigenvalue weighted by molar-refractivity contribution is 8.76. The van der Waals surface area contributed by atoms with Gasteiger partial charge in [-0.15, -0.1) is 0 Å². The zero-order valence-electron chi connectivity index (χ0n) is 53.6. The lowest BCUT2D eigenvalue weighted by Crippen LogP contribution is -2.87. The van der Waals surface area contributed by atoms with Crippen molar-refractivity contribution in [1.29, 1.82) is 0 Å². The standard InChI is InChI=1S/C79H97NO9S2/c1-44-51-13-12-49(28-51)39-90-91-40-59-33-58-30-56-29-54-15-16-63(56)76(58)42-75(43-82)67-20-23-74-41-73(21-18-48(36-73)26-46-7-3-6-45(24-46)25-47-8-4-10-53(54)27-47)22-19-50-9-5-11-55(38-81)60(50)34-66(80-2)61-31-57(69(74)62-35-68(83)89-70(61)62)37-77(74,85)79(67,87)71(84)65-32-52(44)14-17-64(72(76)88-59)78(65,75)86/h3-11,24,27,35,43-44,48-49,51-52,54,56-59,61,63-67,69-72,80-81,84-87H,12-18,20-21,23,25-26,28-34,36-42H2,1-2H3/t44-,48+,49-,51-,52+,54+,56-,57+,58+,59+,61+,63+,64-,65+,66+,67+,69+,70+,71+,72+,73-,74-,75-,76-,77+,78+,79+/m0/s1. The van der Waals surface area contributed by atoms with Crippen LogP contribution in [0.5, 0.6) is 0 Å². The first kappa shape index (κ1) is 60.0. The largest absolute Gasteiger partial charge is 0.454 e. The van der Waals surface area contributed by atoms with Crippen LogP contribution in [0.25, 0.3) is 0 Å².